The molecule has 1 aliphatic rings. The minimum Gasteiger partial charge on any atom is -0.512 e. The molecule has 19 heavy (non-hydrogen) atoms. The van der Waals surface area contributed by atoms with Crippen molar-refractivity contribution in [1.29, 1.82) is 0 Å². The second kappa shape index (κ2) is 4.84. The summed E-state index contributed by atoms with van der Waals surface area (Å²) in [7, 11) is 0. The minimum atomic E-state index is 0.0310. The van der Waals surface area contributed by atoms with Crippen LogP contribution in [0.25, 0.3) is 0 Å². The number of aliphatic hydroxyl groups excluding tert-OH is 1. The third kappa shape index (κ3) is 2.32. The molecule has 0 amide bonds. The molecule has 0 aliphatic heterocycles. The Kier molecular flexibility index (Phi) is 3.53. The number of hydrogen-bond acceptors (Lipinski definition) is 2. The second-order valence-corrected chi connectivity index (χ2v) is 5.75. The van der Waals surface area contributed by atoms with Crippen LogP contribution in [0.3, 0.4) is 0 Å². The van der Waals surface area contributed by atoms with Crippen molar-refractivity contribution in [3.05, 3.63) is 45.2 Å². The summed E-state index contributed by atoms with van der Waals surface area (Å²) < 4.78 is 0. The molecule has 1 aliphatic carbocycles. The zero-order valence-electron chi connectivity index (χ0n) is 12.4. The first kappa shape index (κ1) is 13.9. The summed E-state index contributed by atoms with van der Waals surface area (Å²) in [6.07, 6.45) is 2.46. The molecule has 0 heterocycles. The first-order valence-corrected chi connectivity index (χ1v) is 6.82. The number of carbonyl (C=O) groups is 1. The normalized spacial score (nSPS) is 19.5. The highest BCUT2D eigenvalue weighted by Gasteiger charge is 2.26. The van der Waals surface area contributed by atoms with Gasteiger partial charge in [-0.25, -0.2) is 0 Å². The molecule has 1 aromatic carbocycles. The standard InChI is InChI=1S/C17H22O2/c1-9-10(2)12(4)17(13(5)11(9)3)14-6-15(18)8-16(19)7-14/h8,14,18H,6-7H2,1-5H3. The maximum atomic E-state index is 11.7. The van der Waals surface area contributed by atoms with E-state index in [1.54, 1.807) is 0 Å². The van der Waals surface area contributed by atoms with Crippen LogP contribution in [0, 0.1) is 34.6 Å². The molecule has 2 heteroatoms. The molecule has 0 radical (unpaired) electrons. The van der Waals surface area contributed by atoms with Gasteiger partial charge in [0.1, 0.15) is 0 Å². The van der Waals surface area contributed by atoms with Gasteiger partial charge in [0.15, 0.2) is 5.78 Å². The molecule has 0 fully saturated rings. The number of rotatable bonds is 1. The Bertz CT molecular complexity index is 550. The summed E-state index contributed by atoms with van der Waals surface area (Å²) in [5.41, 5.74) is 7.75. The van der Waals surface area contributed by atoms with E-state index in [-0.39, 0.29) is 17.5 Å². The predicted molar refractivity (Wildman–Crippen MR) is 77.8 cm³/mol. The predicted octanol–water partition coefficient (Wildman–Crippen LogP) is 4.12. The molecule has 0 aromatic heterocycles. The van der Waals surface area contributed by atoms with Crippen LogP contribution in [0.5, 0.6) is 0 Å². The largest absolute Gasteiger partial charge is 0.512 e. The van der Waals surface area contributed by atoms with E-state index in [2.05, 4.69) is 34.6 Å². The van der Waals surface area contributed by atoms with Crippen LogP contribution in [0.2, 0.25) is 0 Å². The highest BCUT2D eigenvalue weighted by atomic mass is 16.3. The lowest BCUT2D eigenvalue weighted by atomic mass is 9.78. The zero-order valence-corrected chi connectivity index (χ0v) is 12.4. The molecule has 0 saturated heterocycles. The first-order chi connectivity index (χ1) is 8.82. The smallest absolute Gasteiger partial charge is 0.159 e. The molecule has 102 valence electrons. The van der Waals surface area contributed by atoms with E-state index in [4.69, 9.17) is 0 Å². The molecule has 1 aromatic rings. The SMILES string of the molecule is Cc1c(C)c(C)c(C2CC(=O)C=C(O)C2)c(C)c1C. The van der Waals surface area contributed by atoms with Crippen LogP contribution >= 0.6 is 0 Å². The van der Waals surface area contributed by atoms with E-state index < -0.39 is 0 Å². The Morgan fingerprint density at radius 2 is 1.37 bits per heavy atom. The molecule has 0 spiro atoms. The minimum absolute atomic E-state index is 0.0310. The van der Waals surface area contributed by atoms with E-state index in [1.807, 2.05) is 0 Å². The van der Waals surface area contributed by atoms with Crippen molar-refractivity contribution in [2.45, 2.75) is 53.4 Å². The lowest BCUT2D eigenvalue weighted by Gasteiger charge is -2.27. The summed E-state index contributed by atoms with van der Waals surface area (Å²) in [4.78, 5) is 11.7. The van der Waals surface area contributed by atoms with Gasteiger partial charge in [-0.2, -0.15) is 0 Å². The molecule has 1 unspecified atom stereocenters. The highest BCUT2D eigenvalue weighted by molar-refractivity contribution is 5.91. The number of allylic oxidation sites excluding steroid dienone is 2. The van der Waals surface area contributed by atoms with Gasteiger partial charge in [0.05, 0.1) is 5.76 Å². The van der Waals surface area contributed by atoms with Crippen molar-refractivity contribution in [2.75, 3.05) is 0 Å². The van der Waals surface area contributed by atoms with Gasteiger partial charge in [0, 0.05) is 18.9 Å². The first-order valence-electron chi connectivity index (χ1n) is 6.82. The number of aliphatic hydroxyl groups is 1. The van der Waals surface area contributed by atoms with Crippen molar-refractivity contribution in [3.8, 4) is 0 Å². The van der Waals surface area contributed by atoms with Gasteiger partial charge >= 0.3 is 0 Å². The molecule has 1 atom stereocenters. The van der Waals surface area contributed by atoms with Crippen LogP contribution in [-0.2, 0) is 4.79 Å². The molecule has 0 bridgehead atoms. The van der Waals surface area contributed by atoms with Crippen molar-refractivity contribution < 1.29 is 9.90 Å². The number of benzene rings is 1. The Balaban J connectivity index is 2.58. The zero-order chi connectivity index (χ0) is 14.3. The van der Waals surface area contributed by atoms with Gasteiger partial charge in [0.25, 0.3) is 0 Å². The van der Waals surface area contributed by atoms with Gasteiger partial charge in [-0.15, -0.1) is 0 Å². The summed E-state index contributed by atoms with van der Waals surface area (Å²) >= 11 is 0. The van der Waals surface area contributed by atoms with Crippen molar-refractivity contribution >= 4 is 5.78 Å². The summed E-state index contributed by atoms with van der Waals surface area (Å²) in [6.45, 7) is 10.7. The van der Waals surface area contributed by atoms with Gasteiger partial charge in [0.2, 0.25) is 0 Å². The van der Waals surface area contributed by atoms with E-state index in [0.29, 0.717) is 12.8 Å². The van der Waals surface area contributed by atoms with E-state index >= 15 is 0 Å². The second-order valence-electron chi connectivity index (χ2n) is 5.75. The molecular formula is C17H22O2. The van der Waals surface area contributed by atoms with Gasteiger partial charge in [-0.1, -0.05) is 0 Å². The Morgan fingerprint density at radius 1 is 0.895 bits per heavy atom. The lowest BCUT2D eigenvalue weighted by Crippen LogP contribution is -2.16. The Hall–Kier alpha value is -1.57. The monoisotopic (exact) mass is 258 g/mol. The summed E-state index contributed by atoms with van der Waals surface area (Å²) in [6, 6.07) is 0. The van der Waals surface area contributed by atoms with Crippen molar-refractivity contribution in [2.24, 2.45) is 0 Å². The van der Waals surface area contributed by atoms with Gasteiger partial charge in [-0.3, -0.25) is 4.79 Å². The summed E-state index contributed by atoms with van der Waals surface area (Å²) in [5, 5.41) is 9.73. The Labute approximate surface area is 115 Å². The van der Waals surface area contributed by atoms with Gasteiger partial charge in [-0.05, 0) is 73.9 Å². The van der Waals surface area contributed by atoms with Crippen molar-refractivity contribution in [3.63, 3.8) is 0 Å². The van der Waals surface area contributed by atoms with Crippen molar-refractivity contribution in [1.82, 2.24) is 0 Å². The highest BCUT2D eigenvalue weighted by Crippen LogP contribution is 2.37. The quantitative estimate of drug-likeness (QED) is 0.822. The molecule has 2 rings (SSSR count). The number of carbonyl (C=O) groups excluding carboxylic acids is 1. The maximum Gasteiger partial charge on any atom is 0.159 e. The fraction of sp³-hybridized carbons (Fsp3) is 0.471. The van der Waals surface area contributed by atoms with E-state index in [1.165, 1.54) is 39.5 Å². The molecular weight excluding hydrogens is 236 g/mol. The lowest BCUT2D eigenvalue weighted by molar-refractivity contribution is -0.115. The van der Waals surface area contributed by atoms with E-state index in [0.717, 1.165) is 0 Å². The molecule has 0 saturated carbocycles. The Morgan fingerprint density at radius 3 is 1.84 bits per heavy atom. The van der Waals surface area contributed by atoms with Crippen LogP contribution < -0.4 is 0 Å². The molecule has 1 N–H and O–H groups in total. The third-order valence-electron chi connectivity index (χ3n) is 4.70. The van der Waals surface area contributed by atoms with Gasteiger partial charge < -0.3 is 5.11 Å². The van der Waals surface area contributed by atoms with Crippen LogP contribution in [-0.4, -0.2) is 10.9 Å². The van der Waals surface area contributed by atoms with Crippen LogP contribution in [0.4, 0.5) is 0 Å². The number of ketones is 1. The average molecular weight is 258 g/mol. The van der Waals surface area contributed by atoms with Crippen LogP contribution in [0.15, 0.2) is 11.8 Å². The average Bonchev–Trinajstić information content (AvgIpc) is 2.33. The topological polar surface area (TPSA) is 37.3 Å². The van der Waals surface area contributed by atoms with Crippen LogP contribution in [0.1, 0.15) is 52.1 Å². The van der Waals surface area contributed by atoms with E-state index in [9.17, 15) is 9.90 Å². The molecule has 2 nitrogen and oxygen atoms in total. The maximum absolute atomic E-state index is 11.7. The third-order valence-corrected chi connectivity index (χ3v) is 4.70. The summed E-state index contributed by atoms with van der Waals surface area (Å²) in [5.74, 6) is 0.370. The fourth-order valence-corrected chi connectivity index (χ4v) is 3.22. The fourth-order valence-electron chi connectivity index (χ4n) is 3.22. The number of hydrogen-bond donors (Lipinski definition) is 1.